The minimum absolute atomic E-state index is 0.217. The quantitative estimate of drug-likeness (QED) is 0.909. The van der Waals surface area contributed by atoms with E-state index in [0.29, 0.717) is 5.92 Å². The predicted octanol–water partition coefficient (Wildman–Crippen LogP) is 2.36. The summed E-state index contributed by atoms with van der Waals surface area (Å²) in [4.78, 5) is 17.5. The summed E-state index contributed by atoms with van der Waals surface area (Å²) in [5.74, 6) is 0.479. The van der Waals surface area contributed by atoms with Gasteiger partial charge in [0.2, 0.25) is 0 Å². The number of likely N-dealkylation sites (tertiary alicyclic amines) is 1. The number of aromatic nitrogens is 1. The van der Waals surface area contributed by atoms with Crippen molar-refractivity contribution in [2.75, 3.05) is 25.0 Å². The summed E-state index contributed by atoms with van der Waals surface area (Å²) < 4.78 is 5.31. The van der Waals surface area contributed by atoms with E-state index in [1.165, 1.54) is 0 Å². The lowest BCUT2D eigenvalue weighted by Crippen LogP contribution is -2.53. The van der Waals surface area contributed by atoms with Crippen LogP contribution in [0.25, 0.3) is 0 Å². The number of carbonyl (C=O) groups excluding carboxylic acids is 1. The summed E-state index contributed by atoms with van der Waals surface area (Å²) in [5.41, 5.74) is 0.592. The van der Waals surface area contributed by atoms with E-state index >= 15 is 0 Å². The Kier molecular flexibility index (Phi) is 3.93. The first kappa shape index (κ1) is 13.6. The van der Waals surface area contributed by atoms with Gasteiger partial charge in [-0.05, 0) is 32.9 Å². The van der Waals surface area contributed by atoms with Crippen LogP contribution in [-0.4, -0.2) is 41.2 Å². The highest BCUT2D eigenvalue weighted by Gasteiger charge is 2.33. The van der Waals surface area contributed by atoms with Gasteiger partial charge >= 0.3 is 6.09 Å². The third-order valence-corrected chi connectivity index (χ3v) is 2.87. The molecule has 2 heterocycles. The van der Waals surface area contributed by atoms with Crippen molar-refractivity contribution in [2.24, 2.45) is 5.92 Å². The van der Waals surface area contributed by atoms with Crippen LogP contribution in [0.3, 0.4) is 0 Å². The van der Waals surface area contributed by atoms with Gasteiger partial charge in [0.1, 0.15) is 5.60 Å². The van der Waals surface area contributed by atoms with E-state index in [4.69, 9.17) is 4.74 Å². The number of rotatable bonds is 3. The Labute approximate surface area is 114 Å². The minimum Gasteiger partial charge on any atom is -0.444 e. The molecule has 0 aliphatic carbocycles. The molecule has 0 unspecified atom stereocenters. The van der Waals surface area contributed by atoms with E-state index in [1.807, 2.05) is 32.9 Å². The predicted molar refractivity (Wildman–Crippen MR) is 74.0 cm³/mol. The van der Waals surface area contributed by atoms with Gasteiger partial charge in [0.05, 0.1) is 5.69 Å². The molecule has 0 bridgehead atoms. The molecule has 0 atom stereocenters. The fraction of sp³-hybridized carbons (Fsp3) is 0.571. The van der Waals surface area contributed by atoms with Crippen LogP contribution in [0.1, 0.15) is 20.8 Å². The van der Waals surface area contributed by atoms with Crippen LogP contribution in [0.2, 0.25) is 0 Å². The largest absolute Gasteiger partial charge is 0.444 e. The third kappa shape index (κ3) is 4.12. The van der Waals surface area contributed by atoms with Gasteiger partial charge in [-0.2, -0.15) is 0 Å². The van der Waals surface area contributed by atoms with Gasteiger partial charge in [0, 0.05) is 37.9 Å². The summed E-state index contributed by atoms with van der Waals surface area (Å²) in [6.07, 6.45) is 3.33. The van der Waals surface area contributed by atoms with E-state index in [2.05, 4.69) is 10.3 Å². The van der Waals surface area contributed by atoms with Crippen molar-refractivity contribution >= 4 is 11.8 Å². The van der Waals surface area contributed by atoms with Gasteiger partial charge < -0.3 is 15.0 Å². The molecule has 5 nitrogen and oxygen atoms in total. The summed E-state index contributed by atoms with van der Waals surface area (Å²) in [6, 6.07) is 3.88. The van der Waals surface area contributed by atoms with Crippen molar-refractivity contribution in [3.8, 4) is 0 Å². The Morgan fingerprint density at radius 2 is 2.26 bits per heavy atom. The zero-order valence-corrected chi connectivity index (χ0v) is 11.7. The zero-order chi connectivity index (χ0) is 13.9. The maximum absolute atomic E-state index is 11.7. The van der Waals surface area contributed by atoms with Crippen molar-refractivity contribution in [1.82, 2.24) is 9.88 Å². The second kappa shape index (κ2) is 5.47. The zero-order valence-electron chi connectivity index (χ0n) is 11.7. The van der Waals surface area contributed by atoms with Gasteiger partial charge in [-0.1, -0.05) is 0 Å². The van der Waals surface area contributed by atoms with Crippen LogP contribution in [0.5, 0.6) is 0 Å². The van der Waals surface area contributed by atoms with E-state index in [1.54, 1.807) is 17.3 Å². The summed E-state index contributed by atoms with van der Waals surface area (Å²) in [5, 5.41) is 3.31. The van der Waals surface area contributed by atoms with Crippen LogP contribution in [0.4, 0.5) is 10.5 Å². The molecule has 1 aliphatic rings. The molecule has 1 amide bonds. The fourth-order valence-electron chi connectivity index (χ4n) is 1.90. The molecule has 104 valence electrons. The van der Waals surface area contributed by atoms with Crippen LogP contribution in [0.15, 0.2) is 24.5 Å². The summed E-state index contributed by atoms with van der Waals surface area (Å²) >= 11 is 0. The average Bonchev–Trinajstić information content (AvgIpc) is 2.25. The molecule has 1 aromatic rings. The van der Waals surface area contributed by atoms with Crippen LogP contribution in [-0.2, 0) is 4.74 Å². The molecule has 1 N–H and O–H groups in total. The van der Waals surface area contributed by atoms with Crippen molar-refractivity contribution < 1.29 is 9.53 Å². The Balaban J connectivity index is 1.68. The van der Waals surface area contributed by atoms with E-state index in [0.717, 1.165) is 25.3 Å². The standard InChI is InChI=1S/C14H21N3O2/c1-14(2,3)19-13(18)17-9-11(10-17)7-16-12-5-4-6-15-8-12/h4-6,8,11,16H,7,9-10H2,1-3H3. The van der Waals surface area contributed by atoms with Crippen molar-refractivity contribution in [3.63, 3.8) is 0 Å². The number of carbonyl (C=O) groups is 1. The SMILES string of the molecule is CC(C)(C)OC(=O)N1CC(CNc2cccnc2)C1. The number of nitrogens with zero attached hydrogens (tertiary/aromatic N) is 2. The Hall–Kier alpha value is -1.78. The molecular formula is C14H21N3O2. The Morgan fingerprint density at radius 3 is 2.84 bits per heavy atom. The number of hydrogen-bond acceptors (Lipinski definition) is 4. The summed E-state index contributed by atoms with van der Waals surface area (Å²) in [6.45, 7) is 8.00. The number of hydrogen-bond donors (Lipinski definition) is 1. The number of amides is 1. The lowest BCUT2D eigenvalue weighted by molar-refractivity contribution is 0.000847. The van der Waals surface area contributed by atoms with Gasteiger partial charge in [-0.3, -0.25) is 4.98 Å². The highest BCUT2D eigenvalue weighted by molar-refractivity contribution is 5.69. The first-order valence-corrected chi connectivity index (χ1v) is 6.56. The topological polar surface area (TPSA) is 54.5 Å². The molecule has 0 saturated carbocycles. The normalized spacial score (nSPS) is 15.8. The Bertz CT molecular complexity index is 422. The molecule has 1 aromatic heterocycles. The molecule has 0 spiro atoms. The molecule has 19 heavy (non-hydrogen) atoms. The smallest absolute Gasteiger partial charge is 0.410 e. The van der Waals surface area contributed by atoms with Gasteiger partial charge in [0.25, 0.3) is 0 Å². The average molecular weight is 263 g/mol. The highest BCUT2D eigenvalue weighted by Crippen LogP contribution is 2.20. The molecule has 0 aromatic carbocycles. The molecule has 5 heteroatoms. The van der Waals surface area contributed by atoms with Crippen molar-refractivity contribution in [1.29, 1.82) is 0 Å². The number of anilines is 1. The van der Waals surface area contributed by atoms with E-state index < -0.39 is 5.60 Å². The van der Waals surface area contributed by atoms with Gasteiger partial charge in [0.15, 0.2) is 0 Å². The molecular weight excluding hydrogens is 242 g/mol. The fourth-order valence-corrected chi connectivity index (χ4v) is 1.90. The summed E-state index contributed by atoms with van der Waals surface area (Å²) in [7, 11) is 0. The second-order valence-electron chi connectivity index (χ2n) is 5.87. The molecule has 1 fully saturated rings. The maximum Gasteiger partial charge on any atom is 0.410 e. The minimum atomic E-state index is -0.421. The highest BCUT2D eigenvalue weighted by atomic mass is 16.6. The molecule has 1 aliphatic heterocycles. The molecule has 1 saturated heterocycles. The van der Waals surface area contributed by atoms with E-state index in [9.17, 15) is 4.79 Å². The van der Waals surface area contributed by atoms with Crippen LogP contribution >= 0.6 is 0 Å². The van der Waals surface area contributed by atoms with Crippen LogP contribution in [0, 0.1) is 5.92 Å². The first-order valence-electron chi connectivity index (χ1n) is 6.56. The van der Waals surface area contributed by atoms with Crippen molar-refractivity contribution in [3.05, 3.63) is 24.5 Å². The van der Waals surface area contributed by atoms with E-state index in [-0.39, 0.29) is 6.09 Å². The molecule has 0 radical (unpaired) electrons. The number of pyridine rings is 1. The third-order valence-electron chi connectivity index (χ3n) is 2.87. The van der Waals surface area contributed by atoms with Gasteiger partial charge in [-0.15, -0.1) is 0 Å². The molecule has 2 rings (SSSR count). The second-order valence-corrected chi connectivity index (χ2v) is 5.87. The number of ether oxygens (including phenoxy) is 1. The maximum atomic E-state index is 11.7. The van der Waals surface area contributed by atoms with Gasteiger partial charge in [-0.25, -0.2) is 4.79 Å². The first-order chi connectivity index (χ1) is 8.94. The van der Waals surface area contributed by atoms with Crippen LogP contribution < -0.4 is 5.32 Å². The number of nitrogens with one attached hydrogen (secondary N) is 1. The lowest BCUT2D eigenvalue weighted by atomic mass is 10.0. The lowest BCUT2D eigenvalue weighted by Gasteiger charge is -2.39. The van der Waals surface area contributed by atoms with Crippen molar-refractivity contribution in [2.45, 2.75) is 26.4 Å². The monoisotopic (exact) mass is 263 g/mol. The Morgan fingerprint density at radius 1 is 1.53 bits per heavy atom.